The van der Waals surface area contributed by atoms with E-state index in [0.717, 1.165) is 26.9 Å². The molecule has 0 aliphatic rings. The van der Waals surface area contributed by atoms with Crippen molar-refractivity contribution < 1.29 is 4.74 Å². The first-order valence-electron chi connectivity index (χ1n) is 7.34. The van der Waals surface area contributed by atoms with Gasteiger partial charge in [-0.25, -0.2) is 4.98 Å². The van der Waals surface area contributed by atoms with Crippen LogP contribution in [0.4, 0.5) is 0 Å². The van der Waals surface area contributed by atoms with Crippen molar-refractivity contribution in [3.8, 4) is 5.75 Å². The third-order valence-corrected chi connectivity index (χ3v) is 4.78. The highest BCUT2D eigenvalue weighted by molar-refractivity contribution is 9.10. The van der Waals surface area contributed by atoms with Gasteiger partial charge in [-0.15, -0.1) is 11.3 Å². The average molecular weight is 397 g/mol. The number of hydrogen-bond acceptors (Lipinski definition) is 4. The largest absolute Gasteiger partial charge is 0.492 e. The number of ether oxygens (including phenoxy) is 1. The molecule has 5 nitrogen and oxygen atoms in total. The van der Waals surface area contributed by atoms with Gasteiger partial charge in [0.15, 0.2) is 5.96 Å². The summed E-state index contributed by atoms with van der Waals surface area (Å²) in [7, 11) is 1.75. The van der Waals surface area contributed by atoms with Gasteiger partial charge in [0.1, 0.15) is 17.4 Å². The molecule has 7 heteroatoms. The number of rotatable bonds is 6. The third kappa shape index (κ3) is 5.84. The van der Waals surface area contributed by atoms with Crippen molar-refractivity contribution in [1.82, 2.24) is 15.6 Å². The monoisotopic (exact) mass is 396 g/mol. The van der Waals surface area contributed by atoms with Crippen molar-refractivity contribution in [1.29, 1.82) is 0 Å². The molecule has 0 radical (unpaired) electrons. The van der Waals surface area contributed by atoms with Gasteiger partial charge in [-0.3, -0.25) is 4.99 Å². The summed E-state index contributed by atoms with van der Waals surface area (Å²) in [6.07, 6.45) is 0. The van der Waals surface area contributed by atoms with Crippen molar-refractivity contribution in [2.75, 3.05) is 20.2 Å². The maximum Gasteiger partial charge on any atom is 0.191 e. The Bertz CT molecular complexity index is 635. The third-order valence-electron chi connectivity index (χ3n) is 3.18. The van der Waals surface area contributed by atoms with Crippen LogP contribution < -0.4 is 15.4 Å². The van der Waals surface area contributed by atoms with Crippen LogP contribution in [-0.4, -0.2) is 31.1 Å². The fourth-order valence-electron chi connectivity index (χ4n) is 1.86. The fourth-order valence-corrected chi connectivity index (χ4v) is 3.00. The Morgan fingerprint density at radius 2 is 2.00 bits per heavy atom. The van der Waals surface area contributed by atoms with E-state index in [9.17, 15) is 0 Å². The van der Waals surface area contributed by atoms with Gasteiger partial charge in [-0.1, -0.05) is 15.9 Å². The van der Waals surface area contributed by atoms with Crippen molar-refractivity contribution in [3.05, 3.63) is 44.3 Å². The SMILES string of the molecule is CN=C(NCCOc1ccc(Br)cc1)NCc1nc(C)c(C)s1. The van der Waals surface area contributed by atoms with E-state index >= 15 is 0 Å². The highest BCUT2D eigenvalue weighted by Crippen LogP contribution is 2.16. The van der Waals surface area contributed by atoms with Crippen LogP contribution in [0.5, 0.6) is 5.75 Å². The Hall–Kier alpha value is -1.60. The van der Waals surface area contributed by atoms with Gasteiger partial charge in [0.25, 0.3) is 0 Å². The second-order valence-corrected chi connectivity index (χ2v) is 7.11. The van der Waals surface area contributed by atoms with E-state index in [4.69, 9.17) is 4.74 Å². The number of hydrogen-bond donors (Lipinski definition) is 2. The molecule has 2 rings (SSSR count). The van der Waals surface area contributed by atoms with Crippen LogP contribution in [-0.2, 0) is 6.54 Å². The Morgan fingerprint density at radius 3 is 2.61 bits per heavy atom. The van der Waals surface area contributed by atoms with Crippen LogP contribution in [0.2, 0.25) is 0 Å². The van der Waals surface area contributed by atoms with E-state index in [0.29, 0.717) is 19.7 Å². The molecule has 0 aliphatic heterocycles. The highest BCUT2D eigenvalue weighted by atomic mass is 79.9. The van der Waals surface area contributed by atoms with Crippen LogP contribution in [0.1, 0.15) is 15.6 Å². The number of aliphatic imine (C=N–C) groups is 1. The number of nitrogens with one attached hydrogen (secondary N) is 2. The minimum absolute atomic E-state index is 0.567. The zero-order valence-electron chi connectivity index (χ0n) is 13.5. The Balaban J connectivity index is 1.69. The Morgan fingerprint density at radius 1 is 1.26 bits per heavy atom. The molecule has 0 atom stereocenters. The lowest BCUT2D eigenvalue weighted by Crippen LogP contribution is -2.38. The fraction of sp³-hybridized carbons (Fsp3) is 0.375. The summed E-state index contributed by atoms with van der Waals surface area (Å²) in [6.45, 7) is 6.03. The molecule has 23 heavy (non-hydrogen) atoms. The molecule has 0 bridgehead atoms. The number of halogens is 1. The number of aromatic nitrogens is 1. The van der Waals surface area contributed by atoms with Gasteiger partial charge in [-0.2, -0.15) is 0 Å². The van der Waals surface area contributed by atoms with E-state index in [1.54, 1.807) is 18.4 Å². The first kappa shape index (κ1) is 17.7. The minimum atomic E-state index is 0.567. The standard InChI is InChI=1S/C16H21BrN4OS/c1-11-12(2)23-15(21-11)10-20-16(18-3)19-8-9-22-14-6-4-13(17)5-7-14/h4-7H,8-10H2,1-3H3,(H2,18,19,20). The zero-order chi connectivity index (χ0) is 16.7. The molecule has 0 amide bonds. The van der Waals surface area contributed by atoms with Crippen molar-refractivity contribution in [2.24, 2.45) is 4.99 Å². The maximum absolute atomic E-state index is 5.66. The molecule has 0 saturated heterocycles. The molecule has 0 saturated carbocycles. The summed E-state index contributed by atoms with van der Waals surface area (Å²) in [4.78, 5) is 9.96. The molecular weight excluding hydrogens is 376 g/mol. The van der Waals surface area contributed by atoms with E-state index in [-0.39, 0.29) is 0 Å². The lowest BCUT2D eigenvalue weighted by atomic mass is 10.3. The van der Waals surface area contributed by atoms with Crippen LogP contribution in [0.25, 0.3) is 0 Å². The average Bonchev–Trinajstić information content (AvgIpc) is 2.87. The van der Waals surface area contributed by atoms with Crippen LogP contribution in [0, 0.1) is 13.8 Å². The van der Waals surface area contributed by atoms with E-state index < -0.39 is 0 Å². The van der Waals surface area contributed by atoms with Crippen LogP contribution in [0.15, 0.2) is 33.7 Å². The van der Waals surface area contributed by atoms with Gasteiger partial charge in [0.05, 0.1) is 18.8 Å². The summed E-state index contributed by atoms with van der Waals surface area (Å²) >= 11 is 5.11. The predicted octanol–water partition coefficient (Wildman–Crippen LogP) is 3.27. The normalized spacial score (nSPS) is 11.4. The summed E-state index contributed by atoms with van der Waals surface area (Å²) in [5.74, 6) is 1.60. The lowest BCUT2D eigenvalue weighted by molar-refractivity contribution is 0.322. The number of benzene rings is 1. The smallest absolute Gasteiger partial charge is 0.191 e. The quantitative estimate of drug-likeness (QED) is 0.446. The van der Waals surface area contributed by atoms with E-state index in [2.05, 4.69) is 43.5 Å². The molecule has 2 aromatic rings. The van der Waals surface area contributed by atoms with Crippen molar-refractivity contribution in [3.63, 3.8) is 0 Å². The van der Waals surface area contributed by atoms with Gasteiger partial charge in [-0.05, 0) is 38.1 Å². The summed E-state index contributed by atoms with van der Waals surface area (Å²) in [5.41, 5.74) is 1.10. The minimum Gasteiger partial charge on any atom is -0.492 e. The number of nitrogens with zero attached hydrogens (tertiary/aromatic N) is 2. The highest BCUT2D eigenvalue weighted by Gasteiger charge is 2.04. The van der Waals surface area contributed by atoms with Gasteiger partial charge in [0, 0.05) is 16.4 Å². The first-order chi connectivity index (χ1) is 11.1. The molecule has 1 aromatic carbocycles. The molecule has 1 aromatic heterocycles. The second-order valence-electron chi connectivity index (χ2n) is 4.90. The molecule has 0 spiro atoms. The topological polar surface area (TPSA) is 58.5 Å². The van der Waals surface area contributed by atoms with Crippen LogP contribution in [0.3, 0.4) is 0 Å². The van der Waals surface area contributed by atoms with Crippen molar-refractivity contribution >= 4 is 33.2 Å². The summed E-state index contributed by atoms with van der Waals surface area (Å²) < 4.78 is 6.70. The van der Waals surface area contributed by atoms with E-state index in [1.165, 1.54) is 4.88 Å². The van der Waals surface area contributed by atoms with E-state index in [1.807, 2.05) is 31.2 Å². The Labute approximate surface area is 149 Å². The van der Waals surface area contributed by atoms with Gasteiger partial charge < -0.3 is 15.4 Å². The maximum atomic E-state index is 5.66. The summed E-state index contributed by atoms with van der Waals surface area (Å²) in [5, 5.41) is 7.55. The van der Waals surface area contributed by atoms with Crippen molar-refractivity contribution in [2.45, 2.75) is 20.4 Å². The summed E-state index contributed by atoms with van der Waals surface area (Å²) in [6, 6.07) is 7.79. The molecule has 0 fully saturated rings. The number of thiazole rings is 1. The molecule has 1 heterocycles. The van der Waals surface area contributed by atoms with Gasteiger partial charge in [0.2, 0.25) is 0 Å². The first-order valence-corrected chi connectivity index (χ1v) is 8.95. The molecule has 2 N–H and O–H groups in total. The van der Waals surface area contributed by atoms with Crippen LogP contribution >= 0.6 is 27.3 Å². The number of aryl methyl sites for hydroxylation is 2. The second kappa shape index (κ2) is 8.88. The number of guanidine groups is 1. The molecular formula is C16H21BrN4OS. The predicted molar refractivity (Wildman–Crippen MR) is 99.4 cm³/mol. The molecule has 124 valence electrons. The van der Waals surface area contributed by atoms with Gasteiger partial charge >= 0.3 is 0 Å². The Kier molecular flexibility index (Phi) is 6.85. The molecule has 0 aliphatic carbocycles. The zero-order valence-corrected chi connectivity index (χ0v) is 15.9. The molecule has 0 unspecified atom stereocenters. The lowest BCUT2D eigenvalue weighted by Gasteiger charge is -2.11.